The summed E-state index contributed by atoms with van der Waals surface area (Å²) in [6.07, 6.45) is 3.45. The van der Waals surface area contributed by atoms with Gasteiger partial charge in [-0.1, -0.05) is 165 Å². The highest BCUT2D eigenvalue weighted by molar-refractivity contribution is 7.00. The van der Waals surface area contributed by atoms with Gasteiger partial charge in [0.2, 0.25) is 0 Å². The van der Waals surface area contributed by atoms with E-state index >= 15 is 0 Å². The molecule has 0 atom stereocenters. The van der Waals surface area contributed by atoms with Gasteiger partial charge in [0, 0.05) is 51.1 Å². The molecule has 0 bridgehead atoms. The molecule has 0 spiro atoms. The Morgan fingerprint density at radius 2 is 0.952 bits per heavy atom. The first-order valence-corrected chi connectivity index (χ1v) is 22.0. The van der Waals surface area contributed by atoms with Crippen molar-refractivity contribution in [2.45, 2.75) is 26.2 Å². The fraction of sp³-hybridized carbons (Fsp3) is 0.0690. The maximum Gasteiger partial charge on any atom is 0.252 e. The fourth-order valence-corrected chi connectivity index (χ4v) is 9.73. The summed E-state index contributed by atoms with van der Waals surface area (Å²) in [5, 5.41) is 0. The molecule has 0 aliphatic carbocycles. The summed E-state index contributed by atoms with van der Waals surface area (Å²) in [4.78, 5) is 7.44. The number of hydrogen-bond acceptors (Lipinski definition) is 3. The molecule has 9 aromatic rings. The number of nitrogens with zero attached hydrogens (tertiary/aromatic N) is 3. The van der Waals surface area contributed by atoms with Crippen molar-refractivity contribution in [2.24, 2.45) is 0 Å². The summed E-state index contributed by atoms with van der Waals surface area (Å²) < 4.78 is 0. The number of aryl methyl sites for hydroxylation is 1. The van der Waals surface area contributed by atoms with Crippen molar-refractivity contribution in [3.8, 4) is 22.3 Å². The average molecular weight is 796 g/mol. The van der Waals surface area contributed by atoms with Crippen molar-refractivity contribution in [1.29, 1.82) is 0 Å². The molecule has 0 radical (unpaired) electrons. The number of fused-ring (bicyclic) bond motifs is 4. The normalized spacial score (nSPS) is 12.4. The lowest BCUT2D eigenvalue weighted by atomic mass is 9.33. The zero-order valence-corrected chi connectivity index (χ0v) is 34.9. The van der Waals surface area contributed by atoms with Crippen LogP contribution < -0.4 is 31.1 Å². The Bertz CT molecular complexity index is 2970. The molecule has 62 heavy (non-hydrogen) atoms. The summed E-state index contributed by atoms with van der Waals surface area (Å²) in [5.74, 6) is 0. The Labute approximate surface area is 365 Å². The van der Waals surface area contributed by atoms with Crippen LogP contribution in [0.1, 0.15) is 25.3 Å². The van der Waals surface area contributed by atoms with Crippen molar-refractivity contribution in [3.05, 3.63) is 230 Å². The Morgan fingerprint density at radius 3 is 1.61 bits per heavy atom. The van der Waals surface area contributed by atoms with Gasteiger partial charge in [-0.15, -0.1) is 0 Å². The van der Waals surface area contributed by atoms with Gasteiger partial charge in [0.1, 0.15) is 0 Å². The summed E-state index contributed by atoms with van der Waals surface area (Å²) in [6.45, 7) is 2.26. The molecule has 0 aromatic heterocycles. The van der Waals surface area contributed by atoms with E-state index in [1.54, 1.807) is 0 Å². The third-order valence-electron chi connectivity index (χ3n) is 12.6. The monoisotopic (exact) mass is 795 g/mol. The third-order valence-corrected chi connectivity index (χ3v) is 12.6. The lowest BCUT2D eigenvalue weighted by Gasteiger charge is -2.45. The van der Waals surface area contributed by atoms with Crippen molar-refractivity contribution >= 4 is 74.3 Å². The van der Waals surface area contributed by atoms with Gasteiger partial charge in [0.05, 0.1) is 5.69 Å². The van der Waals surface area contributed by atoms with Gasteiger partial charge >= 0.3 is 0 Å². The Hall–Kier alpha value is -7.56. The van der Waals surface area contributed by atoms with Gasteiger partial charge in [0.15, 0.2) is 0 Å². The largest absolute Gasteiger partial charge is 0.311 e. The summed E-state index contributed by atoms with van der Waals surface area (Å²) in [6, 6.07) is 82.5. The van der Waals surface area contributed by atoms with Gasteiger partial charge in [-0.05, 0) is 124 Å². The highest BCUT2D eigenvalue weighted by Gasteiger charge is 2.43. The van der Waals surface area contributed by atoms with Crippen LogP contribution in [0.4, 0.5) is 51.2 Å². The van der Waals surface area contributed by atoms with E-state index in [4.69, 9.17) is 0 Å². The van der Waals surface area contributed by atoms with Crippen LogP contribution in [0.3, 0.4) is 0 Å². The Kier molecular flexibility index (Phi) is 9.75. The van der Waals surface area contributed by atoms with Gasteiger partial charge in [0.25, 0.3) is 6.71 Å². The predicted octanol–water partition coefficient (Wildman–Crippen LogP) is 13.9. The smallest absolute Gasteiger partial charge is 0.252 e. The van der Waals surface area contributed by atoms with Crippen molar-refractivity contribution in [3.63, 3.8) is 0 Å². The van der Waals surface area contributed by atoms with E-state index in [0.717, 1.165) is 34.9 Å². The zero-order chi connectivity index (χ0) is 41.4. The van der Waals surface area contributed by atoms with E-state index < -0.39 is 0 Å². The number of para-hydroxylation sites is 3. The van der Waals surface area contributed by atoms with Gasteiger partial charge in [-0.25, -0.2) is 0 Å². The first-order chi connectivity index (χ1) is 30.7. The van der Waals surface area contributed by atoms with Crippen LogP contribution in [0.25, 0.3) is 22.3 Å². The predicted molar refractivity (Wildman–Crippen MR) is 265 cm³/mol. The van der Waals surface area contributed by atoms with E-state index in [1.807, 2.05) is 0 Å². The molecule has 296 valence electrons. The van der Waals surface area contributed by atoms with Crippen LogP contribution in [-0.4, -0.2) is 6.71 Å². The maximum atomic E-state index is 2.54. The summed E-state index contributed by atoms with van der Waals surface area (Å²) in [7, 11) is 0. The Morgan fingerprint density at radius 1 is 0.403 bits per heavy atom. The van der Waals surface area contributed by atoms with Crippen LogP contribution in [0.2, 0.25) is 0 Å². The van der Waals surface area contributed by atoms with Crippen LogP contribution in [-0.2, 0) is 6.42 Å². The molecule has 0 saturated heterocycles. The highest BCUT2D eigenvalue weighted by Crippen LogP contribution is 2.48. The van der Waals surface area contributed by atoms with E-state index in [0.29, 0.717) is 0 Å². The molecular formula is C58H46BN3. The number of hydrogen-bond donors (Lipinski definition) is 0. The SMILES string of the molecule is CCCCc1ccc(N2c3cc(N(c4ccccc4)c4ccccc4)ccc3B3c4ccc(-c5ccccc5)cc4N(c4ccccc4-c4ccccc4)c4cccc2c43)cc1. The highest BCUT2D eigenvalue weighted by atomic mass is 15.2. The molecule has 0 N–H and O–H groups in total. The standard InChI is InChI=1S/C58H46BN3/c1-2-3-19-42-32-35-48(36-33-42)61-54-30-18-31-55-58(54)59(52-39-37-49(41-57(52)61)60(46-24-12-6-13-25-46)47-26-14-7-15-27-47)51-38-34-45(43-20-8-4-9-21-43)40-56(51)62(55)53-29-17-16-28-50(53)44-22-10-5-11-23-44/h4-18,20-41H,2-3,19H2,1H3. The van der Waals surface area contributed by atoms with Gasteiger partial charge < -0.3 is 14.7 Å². The van der Waals surface area contributed by atoms with E-state index in [9.17, 15) is 0 Å². The first kappa shape index (κ1) is 37.4. The molecule has 2 aliphatic rings. The fourth-order valence-electron chi connectivity index (χ4n) is 9.73. The van der Waals surface area contributed by atoms with Gasteiger partial charge in [-0.2, -0.15) is 0 Å². The first-order valence-electron chi connectivity index (χ1n) is 22.0. The lowest BCUT2D eigenvalue weighted by molar-refractivity contribution is 0.795. The molecule has 4 heteroatoms. The minimum atomic E-state index is -0.00723. The van der Waals surface area contributed by atoms with Crippen LogP contribution in [0.5, 0.6) is 0 Å². The second kappa shape index (κ2) is 16.1. The summed E-state index contributed by atoms with van der Waals surface area (Å²) >= 11 is 0. The molecule has 0 saturated carbocycles. The van der Waals surface area contributed by atoms with Crippen LogP contribution in [0, 0.1) is 0 Å². The van der Waals surface area contributed by atoms with Crippen LogP contribution >= 0.6 is 0 Å². The lowest BCUT2D eigenvalue weighted by Crippen LogP contribution is -2.61. The van der Waals surface area contributed by atoms with Crippen molar-refractivity contribution < 1.29 is 0 Å². The molecule has 9 aromatic carbocycles. The molecule has 2 heterocycles. The number of benzene rings is 9. The topological polar surface area (TPSA) is 9.72 Å². The van der Waals surface area contributed by atoms with E-state index in [-0.39, 0.29) is 6.71 Å². The quantitative estimate of drug-likeness (QED) is 0.128. The molecule has 0 amide bonds. The second-order valence-electron chi connectivity index (χ2n) is 16.4. The van der Waals surface area contributed by atoms with E-state index in [2.05, 4.69) is 246 Å². The summed E-state index contributed by atoms with van der Waals surface area (Å²) in [5.41, 5.74) is 20.5. The number of rotatable bonds is 10. The molecular weight excluding hydrogens is 749 g/mol. The van der Waals surface area contributed by atoms with E-state index in [1.165, 1.54) is 79.8 Å². The number of unbranched alkanes of at least 4 members (excludes halogenated alkanes) is 1. The minimum absolute atomic E-state index is 0.00723. The molecule has 2 aliphatic heterocycles. The van der Waals surface area contributed by atoms with Crippen molar-refractivity contribution in [1.82, 2.24) is 0 Å². The zero-order valence-electron chi connectivity index (χ0n) is 34.9. The second-order valence-corrected chi connectivity index (χ2v) is 16.4. The van der Waals surface area contributed by atoms with Crippen molar-refractivity contribution in [2.75, 3.05) is 14.7 Å². The molecule has 3 nitrogen and oxygen atoms in total. The van der Waals surface area contributed by atoms with Gasteiger partial charge in [-0.3, -0.25) is 0 Å². The minimum Gasteiger partial charge on any atom is -0.311 e. The molecule has 0 fully saturated rings. The number of anilines is 9. The third kappa shape index (κ3) is 6.56. The van der Waals surface area contributed by atoms with Crippen LogP contribution in [0.15, 0.2) is 224 Å². The maximum absolute atomic E-state index is 2.54. The molecule has 0 unspecified atom stereocenters. The molecule has 11 rings (SSSR count). The average Bonchev–Trinajstić information content (AvgIpc) is 3.34. The Balaban J connectivity index is 1.18.